The van der Waals surface area contributed by atoms with Gasteiger partial charge in [-0.2, -0.15) is 0 Å². The summed E-state index contributed by atoms with van der Waals surface area (Å²) >= 11 is 3.06. The summed E-state index contributed by atoms with van der Waals surface area (Å²) < 4.78 is -1.40. The molecule has 0 aliphatic rings. The Kier molecular flexibility index (Phi) is 11.7. The van der Waals surface area contributed by atoms with Crippen molar-refractivity contribution in [2.45, 2.75) is 21.6 Å². The van der Waals surface area contributed by atoms with Crippen molar-refractivity contribution in [1.82, 2.24) is 5.32 Å². The van der Waals surface area contributed by atoms with Crippen LogP contribution in [0, 0.1) is 0 Å². The Morgan fingerprint density at radius 3 is 1.00 bits per heavy atom. The van der Waals surface area contributed by atoms with Gasteiger partial charge in [-0.3, -0.25) is 4.79 Å². The third kappa shape index (κ3) is 7.81. The number of benzene rings is 6. The van der Waals surface area contributed by atoms with Gasteiger partial charge in [0.05, 0.1) is 15.5 Å². The number of nitrogens with two attached hydrogens (primary N) is 1. The van der Waals surface area contributed by atoms with Crippen LogP contribution >= 0.6 is 23.5 Å². The van der Waals surface area contributed by atoms with E-state index in [-0.39, 0.29) is 11.5 Å². The zero-order valence-corrected chi connectivity index (χ0v) is 29.7. The molecule has 6 aromatic carbocycles. The average molecular weight is 709 g/mol. The lowest BCUT2D eigenvalue weighted by molar-refractivity contribution is -0.141. The Labute approximate surface area is 308 Å². The molecule has 0 aromatic heterocycles. The number of nitrogens with one attached hydrogen (secondary N) is 1. The summed E-state index contributed by atoms with van der Waals surface area (Å²) in [6.07, 6.45) is 0. The zero-order valence-electron chi connectivity index (χ0n) is 28.0. The second-order valence-electron chi connectivity index (χ2n) is 12.2. The van der Waals surface area contributed by atoms with E-state index in [1.807, 2.05) is 109 Å². The highest BCUT2D eigenvalue weighted by molar-refractivity contribution is 8.01. The van der Waals surface area contributed by atoms with Crippen LogP contribution in [-0.2, 0) is 19.1 Å². The Morgan fingerprint density at radius 1 is 0.490 bits per heavy atom. The standard InChI is InChI=1S/C44H40N2O3S2/c45-39(31-50-43(33-19-7-1-8-20-33,34-21-9-2-10-22-34)35-23-11-3-12-24-35)41(47)46-40(42(48)49)32-51-44(36-25-13-4-14-26-36,37-27-15-5-16-28-37)38-29-17-6-18-30-38/h1-30,39-40H,31-32,45H2,(H,46,47)(H,48,49). The van der Waals surface area contributed by atoms with E-state index in [4.69, 9.17) is 5.73 Å². The van der Waals surface area contributed by atoms with Crippen LogP contribution in [0.2, 0.25) is 0 Å². The second kappa shape index (κ2) is 16.8. The van der Waals surface area contributed by atoms with Gasteiger partial charge in [0.1, 0.15) is 6.04 Å². The maximum atomic E-state index is 13.8. The van der Waals surface area contributed by atoms with Gasteiger partial charge in [-0.1, -0.05) is 182 Å². The molecule has 2 atom stereocenters. The van der Waals surface area contributed by atoms with Crippen LogP contribution in [-0.4, -0.2) is 40.6 Å². The smallest absolute Gasteiger partial charge is 0.327 e. The monoisotopic (exact) mass is 708 g/mol. The first-order valence-corrected chi connectivity index (χ1v) is 18.8. The molecular formula is C44H40N2O3S2. The lowest BCUT2D eigenvalue weighted by atomic mass is 9.84. The van der Waals surface area contributed by atoms with Crippen molar-refractivity contribution in [3.05, 3.63) is 215 Å². The number of amides is 1. The molecular weight excluding hydrogens is 669 g/mol. The van der Waals surface area contributed by atoms with Gasteiger partial charge in [-0.15, -0.1) is 23.5 Å². The third-order valence-corrected chi connectivity index (χ3v) is 12.3. The van der Waals surface area contributed by atoms with Gasteiger partial charge in [-0.25, -0.2) is 4.79 Å². The van der Waals surface area contributed by atoms with Gasteiger partial charge in [-0.05, 0) is 33.4 Å². The number of carbonyl (C=O) groups excluding carboxylic acids is 1. The fraction of sp³-hybridized carbons (Fsp3) is 0.136. The Balaban J connectivity index is 1.27. The molecule has 5 nitrogen and oxygen atoms in total. The summed E-state index contributed by atoms with van der Waals surface area (Å²) in [6, 6.07) is 58.7. The van der Waals surface area contributed by atoms with Crippen LogP contribution in [0.1, 0.15) is 33.4 Å². The molecule has 6 aromatic rings. The van der Waals surface area contributed by atoms with Crippen LogP contribution in [0.4, 0.5) is 0 Å². The molecule has 0 aliphatic heterocycles. The molecule has 6 rings (SSSR count). The van der Waals surface area contributed by atoms with Gasteiger partial charge in [0.25, 0.3) is 0 Å². The summed E-state index contributed by atoms with van der Waals surface area (Å²) in [4.78, 5) is 26.6. The molecule has 2 unspecified atom stereocenters. The molecule has 4 N–H and O–H groups in total. The van der Waals surface area contributed by atoms with Crippen molar-refractivity contribution in [2.75, 3.05) is 11.5 Å². The van der Waals surface area contributed by atoms with E-state index in [9.17, 15) is 14.7 Å². The van der Waals surface area contributed by atoms with Crippen LogP contribution in [0.3, 0.4) is 0 Å². The van der Waals surface area contributed by atoms with Crippen molar-refractivity contribution >= 4 is 35.4 Å². The van der Waals surface area contributed by atoms with E-state index < -0.39 is 33.5 Å². The van der Waals surface area contributed by atoms with Gasteiger partial charge in [0, 0.05) is 11.5 Å². The number of hydrogen-bond donors (Lipinski definition) is 3. The SMILES string of the molecule is NC(CSC(c1ccccc1)(c1ccccc1)c1ccccc1)C(=O)NC(CSC(c1ccccc1)(c1ccccc1)c1ccccc1)C(=O)O. The number of hydrogen-bond acceptors (Lipinski definition) is 5. The topological polar surface area (TPSA) is 92.4 Å². The van der Waals surface area contributed by atoms with Gasteiger partial charge < -0.3 is 16.2 Å². The minimum atomic E-state index is -1.18. The predicted octanol–water partition coefficient (Wildman–Crippen LogP) is 8.33. The summed E-state index contributed by atoms with van der Waals surface area (Å²) in [5.74, 6) is -1.29. The molecule has 1 amide bonds. The molecule has 0 saturated carbocycles. The van der Waals surface area contributed by atoms with E-state index >= 15 is 0 Å². The van der Waals surface area contributed by atoms with Crippen molar-refractivity contribution < 1.29 is 14.7 Å². The van der Waals surface area contributed by atoms with E-state index in [0.717, 1.165) is 33.4 Å². The van der Waals surface area contributed by atoms with Crippen LogP contribution in [0.25, 0.3) is 0 Å². The fourth-order valence-corrected chi connectivity index (χ4v) is 9.53. The minimum Gasteiger partial charge on any atom is -0.480 e. The zero-order chi connectivity index (χ0) is 35.5. The number of rotatable bonds is 15. The van der Waals surface area contributed by atoms with Crippen LogP contribution in [0.5, 0.6) is 0 Å². The van der Waals surface area contributed by atoms with Crippen molar-refractivity contribution in [3.63, 3.8) is 0 Å². The summed E-state index contributed by atoms with van der Waals surface area (Å²) in [7, 11) is 0. The lowest BCUT2D eigenvalue weighted by Crippen LogP contribution is -2.51. The first-order chi connectivity index (χ1) is 24.9. The molecule has 0 saturated heterocycles. The van der Waals surface area contributed by atoms with Crippen molar-refractivity contribution in [3.8, 4) is 0 Å². The summed E-state index contributed by atoms with van der Waals surface area (Å²) in [5, 5.41) is 13.2. The minimum absolute atomic E-state index is 0.0988. The molecule has 0 radical (unpaired) electrons. The third-order valence-electron chi connectivity index (χ3n) is 8.98. The Morgan fingerprint density at radius 2 is 0.745 bits per heavy atom. The molecule has 0 bridgehead atoms. The van der Waals surface area contributed by atoms with E-state index in [1.165, 1.54) is 11.8 Å². The number of thioether (sulfide) groups is 2. The average Bonchev–Trinajstić information content (AvgIpc) is 3.20. The van der Waals surface area contributed by atoms with E-state index in [2.05, 4.69) is 78.1 Å². The predicted molar refractivity (Wildman–Crippen MR) is 211 cm³/mol. The summed E-state index contributed by atoms with van der Waals surface area (Å²) in [5.41, 5.74) is 12.8. The number of aliphatic carboxylic acids is 1. The van der Waals surface area contributed by atoms with Gasteiger partial charge in [0.15, 0.2) is 0 Å². The number of carboxylic acid groups (broad SMARTS) is 1. The molecule has 51 heavy (non-hydrogen) atoms. The molecule has 0 fully saturated rings. The Bertz CT molecular complexity index is 1790. The van der Waals surface area contributed by atoms with Crippen molar-refractivity contribution in [1.29, 1.82) is 0 Å². The molecule has 256 valence electrons. The maximum Gasteiger partial charge on any atom is 0.327 e. The second-order valence-corrected chi connectivity index (χ2v) is 14.7. The Hall–Kier alpha value is -5.08. The van der Waals surface area contributed by atoms with E-state index in [1.54, 1.807) is 11.8 Å². The lowest BCUT2D eigenvalue weighted by Gasteiger charge is -2.36. The van der Waals surface area contributed by atoms with Gasteiger partial charge in [0.2, 0.25) is 5.91 Å². The molecule has 0 aliphatic carbocycles. The van der Waals surface area contributed by atoms with Crippen LogP contribution in [0.15, 0.2) is 182 Å². The highest BCUT2D eigenvalue weighted by atomic mass is 32.2. The fourth-order valence-electron chi connectivity index (χ4n) is 6.49. The molecule has 0 spiro atoms. The number of carboxylic acids is 1. The van der Waals surface area contributed by atoms with Gasteiger partial charge >= 0.3 is 5.97 Å². The van der Waals surface area contributed by atoms with Crippen molar-refractivity contribution in [2.24, 2.45) is 5.73 Å². The quantitative estimate of drug-likeness (QED) is 0.0930. The normalized spacial score (nSPS) is 12.8. The van der Waals surface area contributed by atoms with E-state index in [0.29, 0.717) is 0 Å². The van der Waals surface area contributed by atoms with Crippen LogP contribution < -0.4 is 11.1 Å². The highest BCUT2D eigenvalue weighted by Gasteiger charge is 2.40. The largest absolute Gasteiger partial charge is 0.480 e. The summed E-state index contributed by atoms with van der Waals surface area (Å²) in [6.45, 7) is 0. The maximum absolute atomic E-state index is 13.8. The first-order valence-electron chi connectivity index (χ1n) is 16.8. The molecule has 0 heterocycles. The highest BCUT2D eigenvalue weighted by Crippen LogP contribution is 2.50. The molecule has 7 heteroatoms. The number of carbonyl (C=O) groups is 2. The first kappa shape index (κ1) is 35.7.